The van der Waals surface area contributed by atoms with Gasteiger partial charge in [-0.2, -0.15) is 0 Å². The molecule has 0 aliphatic rings. The molecule has 0 spiro atoms. The molecule has 0 aliphatic carbocycles. The van der Waals surface area contributed by atoms with Crippen LogP contribution < -0.4 is 5.76 Å². The average molecular weight is 388 g/mol. The molecule has 3 aromatic heterocycles. The fraction of sp³-hybridized carbons (Fsp3) is 0.182. The Morgan fingerprint density at radius 1 is 1.07 bits per heavy atom. The van der Waals surface area contributed by atoms with Crippen LogP contribution in [0.15, 0.2) is 64.0 Å². The van der Waals surface area contributed by atoms with Gasteiger partial charge < -0.3 is 4.57 Å². The van der Waals surface area contributed by atoms with Crippen LogP contribution in [0.25, 0.3) is 17.2 Å². The van der Waals surface area contributed by atoms with Crippen LogP contribution in [0.2, 0.25) is 0 Å². The Morgan fingerprint density at radius 3 is 2.52 bits per heavy atom. The van der Waals surface area contributed by atoms with Crippen molar-refractivity contribution >= 4 is 5.78 Å². The zero-order valence-electron chi connectivity index (χ0n) is 16.4. The van der Waals surface area contributed by atoms with Gasteiger partial charge in [0.2, 0.25) is 5.82 Å². The van der Waals surface area contributed by atoms with Crippen molar-refractivity contribution in [1.29, 1.82) is 0 Å². The number of nitrogens with zero attached hydrogens (tertiary/aromatic N) is 4. The van der Waals surface area contributed by atoms with Gasteiger partial charge in [-0.1, -0.05) is 28.9 Å². The predicted octanol–water partition coefficient (Wildman–Crippen LogP) is 3.50. The zero-order chi connectivity index (χ0) is 20.5. The fourth-order valence-corrected chi connectivity index (χ4v) is 3.45. The largest absolute Gasteiger partial charge is 0.442 e. The second-order valence-corrected chi connectivity index (χ2v) is 6.95. The third kappa shape index (κ3) is 3.42. The summed E-state index contributed by atoms with van der Waals surface area (Å²) < 4.78 is 8.03. The molecule has 146 valence electrons. The average Bonchev–Trinajstić information content (AvgIpc) is 3.23. The Labute approximate surface area is 167 Å². The number of Topliss-reactive ketones (excluding diaryl/α,β-unsaturated/α-hetero) is 1. The molecule has 0 bridgehead atoms. The van der Waals surface area contributed by atoms with E-state index < -0.39 is 5.76 Å². The van der Waals surface area contributed by atoms with Crippen molar-refractivity contribution in [1.82, 2.24) is 19.3 Å². The van der Waals surface area contributed by atoms with E-state index in [9.17, 15) is 9.59 Å². The van der Waals surface area contributed by atoms with Gasteiger partial charge in [0.1, 0.15) is 5.69 Å². The van der Waals surface area contributed by atoms with Gasteiger partial charge in [-0.3, -0.25) is 14.3 Å². The molecule has 0 fully saturated rings. The van der Waals surface area contributed by atoms with Crippen LogP contribution in [-0.4, -0.2) is 25.1 Å². The van der Waals surface area contributed by atoms with Gasteiger partial charge in [-0.15, -0.1) is 0 Å². The number of aromatic nitrogens is 4. The lowest BCUT2D eigenvalue weighted by molar-refractivity contribution is 0.0969. The van der Waals surface area contributed by atoms with Crippen molar-refractivity contribution in [2.24, 2.45) is 0 Å². The molecule has 7 nitrogen and oxygen atoms in total. The summed E-state index contributed by atoms with van der Waals surface area (Å²) in [7, 11) is 0. The van der Waals surface area contributed by atoms with E-state index in [1.807, 2.05) is 55.7 Å². The molecule has 0 aliphatic heterocycles. The summed E-state index contributed by atoms with van der Waals surface area (Å²) in [6.45, 7) is 5.71. The number of ketones is 1. The van der Waals surface area contributed by atoms with Crippen molar-refractivity contribution in [2.45, 2.75) is 27.3 Å². The van der Waals surface area contributed by atoms with E-state index in [-0.39, 0.29) is 18.2 Å². The Bertz CT molecular complexity index is 1230. The van der Waals surface area contributed by atoms with E-state index in [4.69, 9.17) is 4.52 Å². The maximum Gasteiger partial charge on any atom is 0.442 e. The molecule has 0 radical (unpaired) electrons. The lowest BCUT2D eigenvalue weighted by Crippen LogP contribution is -2.21. The number of aryl methyl sites for hydroxylation is 2. The highest BCUT2D eigenvalue weighted by molar-refractivity contribution is 5.97. The van der Waals surface area contributed by atoms with Crippen molar-refractivity contribution in [2.75, 3.05) is 0 Å². The highest BCUT2D eigenvalue weighted by Crippen LogP contribution is 2.22. The third-order valence-electron chi connectivity index (χ3n) is 4.91. The van der Waals surface area contributed by atoms with Crippen molar-refractivity contribution in [3.8, 4) is 17.2 Å². The molecule has 0 N–H and O–H groups in total. The van der Waals surface area contributed by atoms with E-state index in [1.54, 1.807) is 24.4 Å². The minimum absolute atomic E-state index is 0.174. The molecule has 0 amide bonds. The second-order valence-electron chi connectivity index (χ2n) is 6.95. The number of pyridine rings is 1. The summed E-state index contributed by atoms with van der Waals surface area (Å²) in [5.74, 6) is -0.651. The lowest BCUT2D eigenvalue weighted by atomic mass is 10.1. The normalized spacial score (nSPS) is 11.0. The summed E-state index contributed by atoms with van der Waals surface area (Å²) in [4.78, 5) is 29.4. The van der Waals surface area contributed by atoms with Crippen molar-refractivity contribution < 1.29 is 9.32 Å². The maximum absolute atomic E-state index is 13.1. The monoisotopic (exact) mass is 388 g/mol. The van der Waals surface area contributed by atoms with Crippen LogP contribution in [0.4, 0.5) is 0 Å². The summed E-state index contributed by atoms with van der Waals surface area (Å²) in [6, 6.07) is 15.2. The lowest BCUT2D eigenvalue weighted by Gasteiger charge is -2.10. The number of rotatable bonds is 5. The summed E-state index contributed by atoms with van der Waals surface area (Å²) in [5, 5.41) is 3.79. The minimum Gasteiger partial charge on any atom is -0.318 e. The van der Waals surface area contributed by atoms with Gasteiger partial charge in [0.15, 0.2) is 5.78 Å². The fourth-order valence-electron chi connectivity index (χ4n) is 3.45. The van der Waals surface area contributed by atoms with Crippen molar-refractivity contribution in [3.63, 3.8) is 0 Å². The molecular formula is C22H20N4O3. The first-order valence-electron chi connectivity index (χ1n) is 9.23. The Morgan fingerprint density at radius 2 is 1.83 bits per heavy atom. The van der Waals surface area contributed by atoms with Crippen LogP contribution in [0.3, 0.4) is 0 Å². The second kappa shape index (κ2) is 7.35. The Balaban J connectivity index is 1.69. The predicted molar refractivity (Wildman–Crippen MR) is 108 cm³/mol. The molecule has 4 aromatic rings. The minimum atomic E-state index is -0.689. The van der Waals surface area contributed by atoms with Gasteiger partial charge in [-0.25, -0.2) is 9.36 Å². The first-order chi connectivity index (χ1) is 14.0. The van der Waals surface area contributed by atoms with E-state index in [2.05, 4.69) is 10.1 Å². The van der Waals surface area contributed by atoms with Crippen LogP contribution in [0.1, 0.15) is 27.3 Å². The molecule has 0 atom stereocenters. The molecule has 0 saturated heterocycles. The van der Waals surface area contributed by atoms with Crippen LogP contribution >= 0.6 is 0 Å². The number of benzene rings is 1. The Hall–Kier alpha value is -3.74. The van der Waals surface area contributed by atoms with Gasteiger partial charge >= 0.3 is 5.76 Å². The molecule has 3 heterocycles. The molecule has 0 unspecified atom stereocenters. The summed E-state index contributed by atoms with van der Waals surface area (Å²) in [5.41, 5.74) is 4.94. The molecular weight excluding hydrogens is 368 g/mol. The first-order valence-corrected chi connectivity index (χ1v) is 9.23. The topological polar surface area (TPSA) is 82.9 Å². The number of hydrogen-bond donors (Lipinski definition) is 0. The SMILES string of the molecule is Cc1ccc(-n2c(C)cc(C(=O)Cn3c(-c4ccccn4)noc3=O)c2C)cc1. The van der Waals surface area contributed by atoms with Crippen LogP contribution in [0.5, 0.6) is 0 Å². The van der Waals surface area contributed by atoms with Crippen LogP contribution in [0, 0.1) is 20.8 Å². The third-order valence-corrected chi connectivity index (χ3v) is 4.91. The number of carbonyl (C=O) groups excluding carboxylic acids is 1. The van der Waals surface area contributed by atoms with Crippen molar-refractivity contribution in [3.05, 3.63) is 87.8 Å². The molecule has 7 heteroatoms. The van der Waals surface area contributed by atoms with E-state index >= 15 is 0 Å². The highest BCUT2D eigenvalue weighted by Gasteiger charge is 2.21. The van der Waals surface area contributed by atoms with Gasteiger partial charge in [0.25, 0.3) is 0 Å². The van der Waals surface area contributed by atoms with E-state index in [0.29, 0.717) is 11.3 Å². The van der Waals surface area contributed by atoms with Gasteiger partial charge in [-0.05, 0) is 51.1 Å². The van der Waals surface area contributed by atoms with Gasteiger partial charge in [0.05, 0.1) is 6.54 Å². The highest BCUT2D eigenvalue weighted by atomic mass is 16.5. The van der Waals surface area contributed by atoms with Gasteiger partial charge in [0, 0.05) is 28.8 Å². The first kappa shape index (κ1) is 18.6. The standard InChI is InChI=1S/C22H20N4O3/c1-14-7-9-17(10-8-14)26-15(2)12-18(16(26)3)20(27)13-25-21(24-29-22(25)28)19-6-4-5-11-23-19/h4-12H,13H2,1-3H3. The summed E-state index contributed by atoms with van der Waals surface area (Å²) in [6.07, 6.45) is 1.59. The van der Waals surface area contributed by atoms with E-state index in [1.165, 1.54) is 10.1 Å². The number of carbonyl (C=O) groups is 1. The summed E-state index contributed by atoms with van der Waals surface area (Å²) >= 11 is 0. The maximum atomic E-state index is 13.1. The van der Waals surface area contributed by atoms with Crippen LogP contribution in [-0.2, 0) is 6.54 Å². The quantitative estimate of drug-likeness (QED) is 0.489. The molecule has 4 rings (SSSR count). The zero-order valence-corrected chi connectivity index (χ0v) is 16.4. The molecule has 29 heavy (non-hydrogen) atoms. The molecule has 0 saturated carbocycles. The van der Waals surface area contributed by atoms with E-state index in [0.717, 1.165) is 17.1 Å². The Kier molecular flexibility index (Phi) is 4.72. The number of hydrogen-bond acceptors (Lipinski definition) is 5. The smallest absolute Gasteiger partial charge is 0.318 e. The molecule has 1 aromatic carbocycles.